The Hall–Kier alpha value is 0.730. The molecule has 9 unspecified atom stereocenters. The van der Waals surface area contributed by atoms with Gasteiger partial charge in [-0.2, -0.15) is 0 Å². The van der Waals surface area contributed by atoms with Gasteiger partial charge >= 0.3 is 0 Å². The van der Waals surface area contributed by atoms with Crippen LogP contribution in [0.2, 0.25) is 0 Å². The van der Waals surface area contributed by atoms with Gasteiger partial charge in [-0.15, -0.1) is 0 Å². The fourth-order valence-corrected chi connectivity index (χ4v) is 10.4. The van der Waals surface area contributed by atoms with Crippen LogP contribution in [-0.4, -0.2) is 3.92 Å². The van der Waals surface area contributed by atoms with Crippen LogP contribution in [0.4, 0.5) is 0 Å². The predicted octanol–water partition coefficient (Wildman–Crippen LogP) is 14.8. The summed E-state index contributed by atoms with van der Waals surface area (Å²) in [7, 11) is 0. The molecule has 1 heteroatoms. The van der Waals surface area contributed by atoms with E-state index in [0.29, 0.717) is 5.41 Å². The first-order valence-electron chi connectivity index (χ1n) is 19.9. The Labute approximate surface area is 287 Å². The number of hydrogen-bond donors (Lipinski definition) is 0. The molecule has 0 radical (unpaired) electrons. The van der Waals surface area contributed by atoms with E-state index in [0.717, 1.165) is 69.0 Å². The van der Waals surface area contributed by atoms with Crippen molar-refractivity contribution in [3.63, 3.8) is 0 Å². The standard InChI is InChI=1S/C42H81I/c1-12-34-17-15-14-16-18-37(25-34)36(13-2)29-42(10,11)41(24-31(5)6)27-35-20-22-39(38(26-35)21-19-33(9)43)28-40(32(7)8)23-30(3)4/h30-41H,12-29H2,1-11H3. The van der Waals surface area contributed by atoms with E-state index in [9.17, 15) is 0 Å². The third kappa shape index (κ3) is 14.6. The molecule has 0 heterocycles. The Morgan fingerprint density at radius 1 is 0.721 bits per heavy atom. The quantitative estimate of drug-likeness (QED) is 0.0980. The molecule has 0 bridgehead atoms. The molecule has 2 aliphatic carbocycles. The molecule has 0 spiro atoms. The summed E-state index contributed by atoms with van der Waals surface area (Å²) in [5.74, 6) is 10.1. The summed E-state index contributed by atoms with van der Waals surface area (Å²) in [5, 5.41) is 0. The molecule has 2 rings (SSSR count). The Bertz CT molecular complexity index is 704. The van der Waals surface area contributed by atoms with Gasteiger partial charge in [-0.05, 0) is 135 Å². The van der Waals surface area contributed by atoms with Crippen molar-refractivity contribution < 1.29 is 0 Å². The van der Waals surface area contributed by atoms with E-state index in [1.807, 2.05) is 0 Å². The summed E-state index contributed by atoms with van der Waals surface area (Å²) in [4.78, 5) is 0. The summed E-state index contributed by atoms with van der Waals surface area (Å²) in [6, 6.07) is 0. The van der Waals surface area contributed by atoms with Crippen molar-refractivity contribution in [2.45, 2.75) is 196 Å². The number of halogens is 1. The van der Waals surface area contributed by atoms with Crippen molar-refractivity contribution in [1.82, 2.24) is 0 Å². The maximum Gasteiger partial charge on any atom is 0.00814 e. The second kappa shape index (κ2) is 20.2. The SMILES string of the molecule is CCC1CCCCCC(C(CC)CC(C)(C)C(CC(C)C)CC2CCC(CC(CC(C)C)C(C)C)C(CCC(C)I)C2)C1. The number of rotatable bonds is 18. The van der Waals surface area contributed by atoms with Crippen molar-refractivity contribution in [2.24, 2.45) is 70.5 Å². The molecule has 0 aromatic heterocycles. The van der Waals surface area contributed by atoms with Crippen molar-refractivity contribution in [1.29, 1.82) is 0 Å². The lowest BCUT2D eigenvalue weighted by atomic mass is 9.61. The van der Waals surface area contributed by atoms with Crippen LogP contribution in [0.15, 0.2) is 0 Å². The number of hydrogen-bond acceptors (Lipinski definition) is 0. The molecule has 43 heavy (non-hydrogen) atoms. The Kier molecular flexibility index (Phi) is 18.7. The predicted molar refractivity (Wildman–Crippen MR) is 204 cm³/mol. The summed E-state index contributed by atoms with van der Waals surface area (Å²) >= 11 is 2.69. The molecule has 0 amide bonds. The minimum Gasteiger partial charge on any atom is -0.0829 e. The van der Waals surface area contributed by atoms with Crippen molar-refractivity contribution in [3.05, 3.63) is 0 Å². The molecular weight excluding hydrogens is 631 g/mol. The zero-order valence-electron chi connectivity index (χ0n) is 31.5. The van der Waals surface area contributed by atoms with Gasteiger partial charge in [-0.25, -0.2) is 0 Å². The van der Waals surface area contributed by atoms with Crippen LogP contribution in [0, 0.1) is 70.5 Å². The zero-order chi connectivity index (χ0) is 32.2. The molecule has 0 nitrogen and oxygen atoms in total. The molecule has 9 atom stereocenters. The lowest BCUT2D eigenvalue weighted by Crippen LogP contribution is -2.35. The van der Waals surface area contributed by atoms with Gasteiger partial charge < -0.3 is 0 Å². The van der Waals surface area contributed by atoms with Gasteiger partial charge in [-0.3, -0.25) is 0 Å². The largest absolute Gasteiger partial charge is 0.0829 e. The van der Waals surface area contributed by atoms with E-state index in [1.54, 1.807) is 0 Å². The first-order chi connectivity index (χ1) is 20.2. The lowest BCUT2D eigenvalue weighted by molar-refractivity contribution is 0.0582. The van der Waals surface area contributed by atoms with Gasteiger partial charge in [0.1, 0.15) is 0 Å². The summed E-state index contributed by atoms with van der Waals surface area (Å²) in [6.07, 6.45) is 26.6. The minimum absolute atomic E-state index is 0.456. The Balaban J connectivity index is 2.17. The van der Waals surface area contributed by atoms with E-state index in [4.69, 9.17) is 0 Å². The molecule has 2 fully saturated rings. The topological polar surface area (TPSA) is 0 Å². The monoisotopic (exact) mass is 713 g/mol. The number of alkyl halides is 1. The van der Waals surface area contributed by atoms with Crippen molar-refractivity contribution in [3.8, 4) is 0 Å². The van der Waals surface area contributed by atoms with Crippen molar-refractivity contribution in [2.75, 3.05) is 0 Å². The molecule has 2 saturated carbocycles. The normalized spacial score (nSPS) is 29.0. The van der Waals surface area contributed by atoms with Crippen LogP contribution in [0.25, 0.3) is 0 Å². The van der Waals surface area contributed by atoms with Gasteiger partial charge in [0, 0.05) is 3.92 Å². The van der Waals surface area contributed by atoms with E-state index in [2.05, 4.69) is 98.8 Å². The molecule has 0 aromatic carbocycles. The fourth-order valence-electron chi connectivity index (χ4n) is 10.1. The van der Waals surface area contributed by atoms with Crippen LogP contribution in [0.5, 0.6) is 0 Å². The van der Waals surface area contributed by atoms with Crippen LogP contribution in [0.1, 0.15) is 192 Å². The van der Waals surface area contributed by atoms with E-state index in [1.165, 1.54) is 116 Å². The van der Waals surface area contributed by atoms with Gasteiger partial charge in [-0.1, -0.05) is 150 Å². The molecule has 0 aliphatic heterocycles. The highest BCUT2D eigenvalue weighted by molar-refractivity contribution is 14.1. The van der Waals surface area contributed by atoms with Gasteiger partial charge in [0.15, 0.2) is 0 Å². The van der Waals surface area contributed by atoms with E-state index < -0.39 is 0 Å². The highest BCUT2D eigenvalue weighted by Gasteiger charge is 2.39. The van der Waals surface area contributed by atoms with Crippen LogP contribution in [-0.2, 0) is 0 Å². The zero-order valence-corrected chi connectivity index (χ0v) is 33.7. The van der Waals surface area contributed by atoms with Crippen LogP contribution >= 0.6 is 22.6 Å². The smallest absolute Gasteiger partial charge is 0.00814 e. The molecule has 2 aliphatic rings. The van der Waals surface area contributed by atoms with Gasteiger partial charge in [0.05, 0.1) is 0 Å². The molecule has 0 N–H and O–H groups in total. The first-order valence-corrected chi connectivity index (χ1v) is 21.1. The lowest BCUT2D eigenvalue weighted by Gasteiger charge is -2.45. The van der Waals surface area contributed by atoms with E-state index in [-0.39, 0.29) is 0 Å². The average Bonchev–Trinajstić information content (AvgIpc) is 2.90. The summed E-state index contributed by atoms with van der Waals surface area (Å²) < 4.78 is 0.814. The second-order valence-corrected chi connectivity index (χ2v) is 20.4. The molecule has 0 saturated heterocycles. The Morgan fingerprint density at radius 2 is 1.40 bits per heavy atom. The van der Waals surface area contributed by atoms with E-state index >= 15 is 0 Å². The highest BCUT2D eigenvalue weighted by Crippen LogP contribution is 2.50. The molecule has 256 valence electrons. The highest BCUT2D eigenvalue weighted by atomic mass is 127. The molecular formula is C42H81I. The minimum atomic E-state index is 0.456. The first kappa shape index (κ1) is 39.9. The Morgan fingerprint density at radius 3 is 1.98 bits per heavy atom. The van der Waals surface area contributed by atoms with Crippen LogP contribution < -0.4 is 0 Å². The van der Waals surface area contributed by atoms with Crippen LogP contribution in [0.3, 0.4) is 0 Å². The summed E-state index contributed by atoms with van der Waals surface area (Å²) in [6.45, 7) is 27.8. The summed E-state index contributed by atoms with van der Waals surface area (Å²) in [5.41, 5.74) is 0.456. The fraction of sp³-hybridized carbons (Fsp3) is 1.00. The second-order valence-electron chi connectivity index (χ2n) is 18.3. The molecule has 0 aromatic rings. The van der Waals surface area contributed by atoms with Gasteiger partial charge in [0.25, 0.3) is 0 Å². The third-order valence-electron chi connectivity index (χ3n) is 12.9. The third-order valence-corrected chi connectivity index (χ3v) is 13.5. The maximum atomic E-state index is 2.71. The van der Waals surface area contributed by atoms with Gasteiger partial charge in [0.2, 0.25) is 0 Å². The average molecular weight is 713 g/mol. The maximum absolute atomic E-state index is 2.71. The van der Waals surface area contributed by atoms with Crippen molar-refractivity contribution >= 4 is 22.6 Å².